The van der Waals surface area contributed by atoms with E-state index < -0.39 is 12.0 Å². The minimum absolute atomic E-state index is 0.133. The van der Waals surface area contributed by atoms with E-state index in [0.717, 1.165) is 21.9 Å². The maximum atomic E-state index is 12.5. The fourth-order valence-corrected chi connectivity index (χ4v) is 3.23. The summed E-state index contributed by atoms with van der Waals surface area (Å²) in [5, 5.41) is 14.8. The monoisotopic (exact) mass is 381 g/mol. The first-order valence-electron chi connectivity index (χ1n) is 8.73. The van der Waals surface area contributed by atoms with Crippen LogP contribution in [0.5, 0.6) is 0 Å². The number of hydrogen-bond acceptors (Lipinski definition) is 2. The summed E-state index contributed by atoms with van der Waals surface area (Å²) < 4.78 is 0. The third-order valence-corrected chi connectivity index (χ3v) is 4.61. The van der Waals surface area contributed by atoms with Gasteiger partial charge in [-0.2, -0.15) is 0 Å². The number of carbonyl (C=O) groups excluding carboxylic acids is 1. The Labute approximate surface area is 162 Å². The molecular weight excluding hydrogens is 362 g/mol. The summed E-state index contributed by atoms with van der Waals surface area (Å²) >= 11 is 5.88. The molecule has 138 valence electrons. The predicted molar refractivity (Wildman–Crippen MR) is 107 cm³/mol. The van der Waals surface area contributed by atoms with Crippen molar-refractivity contribution in [2.24, 2.45) is 0 Å². The van der Waals surface area contributed by atoms with Crippen molar-refractivity contribution in [1.82, 2.24) is 5.32 Å². The first-order chi connectivity index (χ1) is 13.0. The molecule has 1 amide bonds. The van der Waals surface area contributed by atoms with Gasteiger partial charge in [0.1, 0.15) is 0 Å². The molecule has 1 atom stereocenters. The molecule has 0 heterocycles. The Morgan fingerprint density at radius 1 is 0.926 bits per heavy atom. The Hall–Kier alpha value is -2.85. The summed E-state index contributed by atoms with van der Waals surface area (Å²) in [6.45, 7) is 0. The lowest BCUT2D eigenvalue weighted by molar-refractivity contribution is -0.137. The molecule has 0 aliphatic heterocycles. The van der Waals surface area contributed by atoms with E-state index in [9.17, 15) is 9.59 Å². The SMILES string of the molecule is O=C(O)CC(Cc1ccc(Cl)cc1)NC(=O)Cc1ccc2ccccc2c1. The Morgan fingerprint density at radius 3 is 2.30 bits per heavy atom. The average molecular weight is 382 g/mol. The molecular formula is C22H20ClNO3. The number of carbonyl (C=O) groups is 2. The number of amides is 1. The van der Waals surface area contributed by atoms with Crippen LogP contribution in [0, 0.1) is 0 Å². The van der Waals surface area contributed by atoms with E-state index in [0.29, 0.717) is 11.4 Å². The van der Waals surface area contributed by atoms with E-state index in [4.69, 9.17) is 16.7 Å². The van der Waals surface area contributed by atoms with Crippen molar-refractivity contribution in [2.75, 3.05) is 0 Å². The fourth-order valence-electron chi connectivity index (χ4n) is 3.10. The van der Waals surface area contributed by atoms with E-state index in [1.54, 1.807) is 12.1 Å². The number of rotatable bonds is 7. The van der Waals surface area contributed by atoms with Crippen molar-refractivity contribution in [1.29, 1.82) is 0 Å². The summed E-state index contributed by atoms with van der Waals surface area (Å²) in [5.41, 5.74) is 1.82. The Kier molecular flexibility index (Phi) is 6.09. The predicted octanol–water partition coefficient (Wildman–Crippen LogP) is 4.24. The molecule has 0 aliphatic rings. The molecule has 3 aromatic carbocycles. The molecule has 0 bridgehead atoms. The summed E-state index contributed by atoms with van der Waals surface area (Å²) in [7, 11) is 0. The lowest BCUT2D eigenvalue weighted by atomic mass is 10.0. The molecule has 0 saturated carbocycles. The van der Waals surface area contributed by atoms with Gasteiger partial charge in [-0.15, -0.1) is 0 Å². The zero-order valence-corrected chi connectivity index (χ0v) is 15.4. The first-order valence-corrected chi connectivity index (χ1v) is 9.10. The Balaban J connectivity index is 1.67. The highest BCUT2D eigenvalue weighted by Gasteiger charge is 2.17. The third kappa shape index (κ3) is 5.56. The molecule has 3 rings (SSSR count). The maximum Gasteiger partial charge on any atom is 0.305 e. The quantitative estimate of drug-likeness (QED) is 0.643. The number of halogens is 1. The standard InChI is InChI=1S/C22H20ClNO3/c23-19-9-6-15(7-10-19)12-20(14-22(26)27)24-21(25)13-16-5-8-17-3-1-2-4-18(17)11-16/h1-11,20H,12-14H2,(H,24,25)(H,26,27). The number of carboxylic acid groups (broad SMARTS) is 1. The second-order valence-corrected chi connectivity index (χ2v) is 6.99. The van der Waals surface area contributed by atoms with Crippen LogP contribution < -0.4 is 5.32 Å². The van der Waals surface area contributed by atoms with Crippen LogP contribution in [-0.2, 0) is 22.4 Å². The molecule has 0 aliphatic carbocycles. The second-order valence-electron chi connectivity index (χ2n) is 6.55. The van der Waals surface area contributed by atoms with E-state index in [-0.39, 0.29) is 18.7 Å². The topological polar surface area (TPSA) is 66.4 Å². The van der Waals surface area contributed by atoms with Crippen LogP contribution >= 0.6 is 11.6 Å². The smallest absolute Gasteiger partial charge is 0.305 e. The van der Waals surface area contributed by atoms with Crippen LogP contribution in [0.1, 0.15) is 17.5 Å². The molecule has 0 spiro atoms. The van der Waals surface area contributed by atoms with Crippen LogP contribution in [0.25, 0.3) is 10.8 Å². The van der Waals surface area contributed by atoms with Crippen LogP contribution in [0.15, 0.2) is 66.7 Å². The highest BCUT2D eigenvalue weighted by molar-refractivity contribution is 6.30. The molecule has 5 heteroatoms. The van der Waals surface area contributed by atoms with Gasteiger partial charge in [-0.05, 0) is 40.5 Å². The molecule has 0 fully saturated rings. The number of aliphatic carboxylic acids is 1. The van der Waals surface area contributed by atoms with Gasteiger partial charge in [0.15, 0.2) is 0 Å². The van der Waals surface area contributed by atoms with E-state index in [1.807, 2.05) is 54.6 Å². The lowest BCUT2D eigenvalue weighted by Gasteiger charge is -2.17. The normalized spacial score (nSPS) is 11.9. The van der Waals surface area contributed by atoms with E-state index in [2.05, 4.69) is 5.32 Å². The number of carboxylic acids is 1. The van der Waals surface area contributed by atoms with Gasteiger partial charge < -0.3 is 10.4 Å². The minimum atomic E-state index is -0.944. The van der Waals surface area contributed by atoms with Crippen LogP contribution in [0.3, 0.4) is 0 Å². The zero-order chi connectivity index (χ0) is 19.2. The molecule has 1 unspecified atom stereocenters. The highest BCUT2D eigenvalue weighted by Crippen LogP contribution is 2.16. The zero-order valence-electron chi connectivity index (χ0n) is 14.7. The second kappa shape index (κ2) is 8.69. The van der Waals surface area contributed by atoms with Gasteiger partial charge in [-0.3, -0.25) is 9.59 Å². The molecule has 0 saturated heterocycles. The summed E-state index contributed by atoms with van der Waals surface area (Å²) in [5.74, 6) is -1.13. The average Bonchev–Trinajstić information content (AvgIpc) is 2.63. The van der Waals surface area contributed by atoms with Crippen LogP contribution in [0.2, 0.25) is 5.02 Å². The van der Waals surface area contributed by atoms with Gasteiger partial charge in [0.2, 0.25) is 5.91 Å². The van der Waals surface area contributed by atoms with Crippen molar-refractivity contribution in [3.8, 4) is 0 Å². The van der Waals surface area contributed by atoms with Gasteiger partial charge in [0, 0.05) is 11.1 Å². The Morgan fingerprint density at radius 2 is 1.59 bits per heavy atom. The number of benzene rings is 3. The van der Waals surface area contributed by atoms with Gasteiger partial charge in [0.05, 0.1) is 12.8 Å². The molecule has 3 aromatic rings. The largest absolute Gasteiger partial charge is 0.481 e. The number of fused-ring (bicyclic) bond motifs is 1. The van der Waals surface area contributed by atoms with Crippen molar-refractivity contribution in [3.63, 3.8) is 0 Å². The van der Waals surface area contributed by atoms with Crippen LogP contribution in [0.4, 0.5) is 0 Å². The van der Waals surface area contributed by atoms with Crippen molar-refractivity contribution in [2.45, 2.75) is 25.3 Å². The number of hydrogen-bond donors (Lipinski definition) is 2. The van der Waals surface area contributed by atoms with E-state index >= 15 is 0 Å². The highest BCUT2D eigenvalue weighted by atomic mass is 35.5. The summed E-state index contributed by atoms with van der Waals surface area (Å²) in [6.07, 6.45) is 0.514. The minimum Gasteiger partial charge on any atom is -0.481 e. The molecule has 0 radical (unpaired) electrons. The molecule has 27 heavy (non-hydrogen) atoms. The summed E-state index contributed by atoms with van der Waals surface area (Å²) in [6, 6.07) is 20.6. The Bertz CT molecular complexity index is 953. The summed E-state index contributed by atoms with van der Waals surface area (Å²) in [4.78, 5) is 23.6. The van der Waals surface area contributed by atoms with Gasteiger partial charge in [-0.1, -0.05) is 66.2 Å². The molecule has 2 N–H and O–H groups in total. The van der Waals surface area contributed by atoms with Gasteiger partial charge in [0.25, 0.3) is 0 Å². The molecule has 4 nitrogen and oxygen atoms in total. The lowest BCUT2D eigenvalue weighted by Crippen LogP contribution is -2.38. The number of nitrogens with one attached hydrogen (secondary N) is 1. The van der Waals surface area contributed by atoms with Gasteiger partial charge >= 0.3 is 5.97 Å². The van der Waals surface area contributed by atoms with E-state index in [1.165, 1.54) is 0 Å². The van der Waals surface area contributed by atoms with Crippen LogP contribution in [-0.4, -0.2) is 23.0 Å². The third-order valence-electron chi connectivity index (χ3n) is 4.36. The van der Waals surface area contributed by atoms with Crippen molar-refractivity contribution in [3.05, 3.63) is 82.9 Å². The van der Waals surface area contributed by atoms with Crippen molar-refractivity contribution < 1.29 is 14.7 Å². The molecule has 0 aromatic heterocycles. The fraction of sp³-hybridized carbons (Fsp3) is 0.182. The first kappa shape index (κ1) is 18.9. The maximum absolute atomic E-state index is 12.5. The van der Waals surface area contributed by atoms with Gasteiger partial charge in [-0.25, -0.2) is 0 Å². The van der Waals surface area contributed by atoms with Crippen molar-refractivity contribution >= 4 is 34.2 Å².